The van der Waals surface area contributed by atoms with Crippen LogP contribution in [0.1, 0.15) is 46.0 Å². The number of nitrogens with zero attached hydrogens (tertiary/aromatic N) is 1. The van der Waals surface area contributed by atoms with E-state index in [1.54, 1.807) is 6.07 Å². The second-order valence-electron chi connectivity index (χ2n) is 3.50. The summed E-state index contributed by atoms with van der Waals surface area (Å²) >= 11 is 0. The number of hydrogen-bond donors (Lipinski definition) is 0. The van der Waals surface area contributed by atoms with Crippen molar-refractivity contribution in [3.63, 3.8) is 0 Å². The van der Waals surface area contributed by atoms with Gasteiger partial charge in [-0.2, -0.15) is 5.26 Å². The van der Waals surface area contributed by atoms with Crippen molar-refractivity contribution in [1.29, 1.82) is 5.26 Å². The molecule has 0 bridgehead atoms. The largest absolute Gasteiger partial charge is 0.459 e. The van der Waals surface area contributed by atoms with Crippen molar-refractivity contribution in [2.75, 3.05) is 0 Å². The Morgan fingerprint density at radius 3 is 2.35 bits per heavy atom. The quantitative estimate of drug-likeness (QED) is 0.293. The van der Waals surface area contributed by atoms with Crippen molar-refractivity contribution in [2.24, 2.45) is 0 Å². The molecular weight excluding hydrogens is 214 g/mol. The first kappa shape index (κ1) is 17.8. The van der Waals surface area contributed by atoms with Crippen LogP contribution >= 0.6 is 0 Å². The highest BCUT2D eigenvalue weighted by Crippen LogP contribution is 2.10. The lowest BCUT2D eigenvalue weighted by Crippen LogP contribution is -2.15. The summed E-state index contributed by atoms with van der Waals surface area (Å²) in [5.41, 5.74) is 0. The highest BCUT2D eigenvalue weighted by molar-refractivity contribution is 5.81. The summed E-state index contributed by atoms with van der Waals surface area (Å²) in [5.74, 6) is -0.302. The number of nitriles is 1. The van der Waals surface area contributed by atoms with Gasteiger partial charge in [0.1, 0.15) is 6.10 Å². The molecule has 3 heteroatoms. The predicted octanol–water partition coefficient (Wildman–Crippen LogP) is 3.77. The molecule has 0 saturated carbocycles. The topological polar surface area (TPSA) is 50.1 Å². The molecule has 0 rings (SSSR count). The van der Waals surface area contributed by atoms with E-state index in [9.17, 15) is 4.79 Å². The van der Waals surface area contributed by atoms with Crippen LogP contribution in [-0.4, -0.2) is 12.1 Å². The Morgan fingerprint density at radius 2 is 2.00 bits per heavy atom. The Morgan fingerprint density at radius 1 is 1.41 bits per heavy atom. The lowest BCUT2D eigenvalue weighted by molar-refractivity contribution is -0.143. The van der Waals surface area contributed by atoms with Gasteiger partial charge < -0.3 is 4.74 Å². The molecule has 96 valence electrons. The van der Waals surface area contributed by atoms with Crippen LogP contribution in [0.2, 0.25) is 0 Å². The van der Waals surface area contributed by atoms with Crippen LogP contribution < -0.4 is 0 Å². The maximum Gasteiger partial charge on any atom is 0.330 e. The molecule has 0 aliphatic heterocycles. The van der Waals surface area contributed by atoms with Crippen molar-refractivity contribution >= 4 is 5.97 Å². The summed E-state index contributed by atoms with van der Waals surface area (Å²) in [7, 11) is 0. The maximum atomic E-state index is 10.9. The molecule has 1 atom stereocenters. The van der Waals surface area contributed by atoms with Gasteiger partial charge in [-0.15, -0.1) is 0 Å². The van der Waals surface area contributed by atoms with Crippen LogP contribution in [0.3, 0.4) is 0 Å². The molecule has 0 aromatic heterocycles. The van der Waals surface area contributed by atoms with Gasteiger partial charge in [0.2, 0.25) is 0 Å². The number of carbonyl (C=O) groups is 1. The van der Waals surface area contributed by atoms with E-state index in [1.807, 2.05) is 6.92 Å². The summed E-state index contributed by atoms with van der Waals surface area (Å²) in [5, 5.41) is 7.51. The number of allylic oxidation sites excluding steroid dienone is 1. The van der Waals surface area contributed by atoms with Gasteiger partial charge in [0.05, 0.1) is 6.07 Å². The molecule has 0 heterocycles. The van der Waals surface area contributed by atoms with E-state index >= 15 is 0 Å². The van der Waals surface area contributed by atoms with Crippen molar-refractivity contribution in [3.05, 3.63) is 25.3 Å². The van der Waals surface area contributed by atoms with E-state index in [0.717, 1.165) is 19.3 Å². The van der Waals surface area contributed by atoms with E-state index < -0.39 is 0 Å². The molecule has 0 N–H and O–H groups in total. The summed E-state index contributed by atoms with van der Waals surface area (Å²) in [6.45, 7) is 10.7. The standard InChI is InChI=1S/C11H20O2.C3H3N/c1-4-7-8-9-10(5-2)13-11(12)6-3;1-2-3-4/h6,10H,3-5,7-9H2,1-2H3;2H,1H2. The predicted molar refractivity (Wildman–Crippen MR) is 70.3 cm³/mol. The van der Waals surface area contributed by atoms with Crippen molar-refractivity contribution < 1.29 is 9.53 Å². The zero-order valence-electron chi connectivity index (χ0n) is 10.9. The summed E-state index contributed by atoms with van der Waals surface area (Å²) in [6, 6.07) is 1.69. The Bertz CT molecular complexity index is 253. The lowest BCUT2D eigenvalue weighted by Gasteiger charge is -2.14. The normalized spacial score (nSPS) is 10.2. The van der Waals surface area contributed by atoms with Crippen molar-refractivity contribution in [2.45, 2.75) is 52.1 Å². The fourth-order valence-corrected chi connectivity index (χ4v) is 1.18. The zero-order chi connectivity index (χ0) is 13.5. The van der Waals surface area contributed by atoms with E-state index in [-0.39, 0.29) is 12.1 Å². The van der Waals surface area contributed by atoms with Gasteiger partial charge in [0.15, 0.2) is 0 Å². The monoisotopic (exact) mass is 237 g/mol. The minimum absolute atomic E-state index is 0.0806. The third kappa shape index (κ3) is 14.4. The van der Waals surface area contributed by atoms with Crippen LogP contribution in [-0.2, 0) is 9.53 Å². The average Bonchev–Trinajstić information content (AvgIpc) is 2.37. The second kappa shape index (κ2) is 14.4. The molecule has 0 aromatic rings. The maximum absolute atomic E-state index is 10.9. The Hall–Kier alpha value is -1.56. The van der Waals surface area contributed by atoms with E-state index in [0.29, 0.717) is 0 Å². The average molecular weight is 237 g/mol. The smallest absolute Gasteiger partial charge is 0.330 e. The van der Waals surface area contributed by atoms with Crippen LogP contribution in [0.25, 0.3) is 0 Å². The van der Waals surface area contributed by atoms with E-state index in [2.05, 4.69) is 20.1 Å². The van der Waals surface area contributed by atoms with Crippen molar-refractivity contribution in [1.82, 2.24) is 0 Å². The Labute approximate surface area is 105 Å². The first-order chi connectivity index (χ1) is 8.15. The first-order valence-electron chi connectivity index (χ1n) is 5.99. The molecule has 0 radical (unpaired) electrons. The van der Waals surface area contributed by atoms with Crippen LogP contribution in [0.4, 0.5) is 0 Å². The molecule has 0 aromatic carbocycles. The van der Waals surface area contributed by atoms with Gasteiger partial charge in [-0.05, 0) is 19.3 Å². The molecule has 0 saturated heterocycles. The van der Waals surface area contributed by atoms with Crippen LogP contribution in [0.15, 0.2) is 25.3 Å². The molecule has 0 amide bonds. The van der Waals surface area contributed by atoms with E-state index in [4.69, 9.17) is 10.00 Å². The fraction of sp³-hybridized carbons (Fsp3) is 0.571. The SMILES string of the molecule is C=CC#N.C=CC(=O)OC(CC)CCCCC. The number of rotatable bonds is 7. The molecule has 1 unspecified atom stereocenters. The number of ether oxygens (including phenoxy) is 1. The van der Waals surface area contributed by atoms with Gasteiger partial charge >= 0.3 is 5.97 Å². The van der Waals surface area contributed by atoms with Crippen LogP contribution in [0.5, 0.6) is 0 Å². The molecule has 0 fully saturated rings. The highest BCUT2D eigenvalue weighted by atomic mass is 16.5. The van der Waals surface area contributed by atoms with Gasteiger partial charge in [-0.1, -0.05) is 39.8 Å². The summed E-state index contributed by atoms with van der Waals surface area (Å²) < 4.78 is 5.14. The van der Waals surface area contributed by atoms with Gasteiger partial charge in [-0.3, -0.25) is 0 Å². The van der Waals surface area contributed by atoms with Crippen LogP contribution in [0, 0.1) is 11.3 Å². The van der Waals surface area contributed by atoms with Gasteiger partial charge in [0.25, 0.3) is 0 Å². The molecule has 0 spiro atoms. The van der Waals surface area contributed by atoms with E-state index in [1.165, 1.54) is 25.0 Å². The van der Waals surface area contributed by atoms with Gasteiger partial charge in [-0.25, -0.2) is 4.79 Å². The minimum Gasteiger partial charge on any atom is -0.459 e. The fourth-order valence-electron chi connectivity index (χ4n) is 1.18. The molecule has 0 aliphatic carbocycles. The first-order valence-corrected chi connectivity index (χ1v) is 5.99. The number of unbranched alkanes of at least 4 members (excludes halogenated alkanes) is 2. The van der Waals surface area contributed by atoms with Crippen molar-refractivity contribution in [3.8, 4) is 6.07 Å². The molecular formula is C14H23NO2. The lowest BCUT2D eigenvalue weighted by atomic mass is 10.1. The zero-order valence-corrected chi connectivity index (χ0v) is 10.9. The molecule has 17 heavy (non-hydrogen) atoms. The second-order valence-corrected chi connectivity index (χ2v) is 3.50. The number of esters is 1. The number of carbonyl (C=O) groups excluding carboxylic acids is 1. The highest BCUT2D eigenvalue weighted by Gasteiger charge is 2.08. The Kier molecular flexibility index (Phi) is 15.1. The summed E-state index contributed by atoms with van der Waals surface area (Å²) in [6.07, 6.45) is 7.90. The molecule has 0 aliphatic rings. The summed E-state index contributed by atoms with van der Waals surface area (Å²) in [4.78, 5) is 10.9. The Balaban J connectivity index is 0. The third-order valence-electron chi connectivity index (χ3n) is 2.13. The van der Waals surface area contributed by atoms with Gasteiger partial charge in [0, 0.05) is 12.2 Å². The third-order valence-corrected chi connectivity index (χ3v) is 2.13. The minimum atomic E-state index is -0.302. The molecule has 3 nitrogen and oxygen atoms in total. The number of hydrogen-bond acceptors (Lipinski definition) is 3.